The lowest BCUT2D eigenvalue weighted by molar-refractivity contribution is 0.235. The minimum atomic E-state index is -0.238. The van der Waals surface area contributed by atoms with Crippen molar-refractivity contribution in [3.05, 3.63) is 82.9 Å². The van der Waals surface area contributed by atoms with Crippen LogP contribution in [0.1, 0.15) is 36.1 Å². The lowest BCUT2D eigenvalue weighted by Gasteiger charge is -2.20. The second-order valence-electron chi connectivity index (χ2n) is 8.41. The predicted octanol–water partition coefficient (Wildman–Crippen LogP) is 4.86. The van der Waals surface area contributed by atoms with Crippen molar-refractivity contribution in [1.82, 2.24) is 9.78 Å². The molecule has 31 heavy (non-hydrogen) atoms. The molecule has 1 aliphatic heterocycles. The van der Waals surface area contributed by atoms with Crippen molar-refractivity contribution in [2.75, 3.05) is 5.73 Å². The smallest absolute Gasteiger partial charge is 0.123 e. The number of aryl methyl sites for hydroxylation is 1. The van der Waals surface area contributed by atoms with Gasteiger partial charge in [-0.1, -0.05) is 18.2 Å². The highest BCUT2D eigenvalue weighted by molar-refractivity contribution is 7.74. The van der Waals surface area contributed by atoms with Crippen molar-refractivity contribution < 1.29 is 13.7 Å². The number of thiol groups is 1. The normalized spacial score (nSPS) is 24.9. The zero-order chi connectivity index (χ0) is 21.6. The monoisotopic (exact) mass is 437 g/mol. The molecule has 0 bridgehead atoms. The molecular formula is C24H24FN3O2S. The van der Waals surface area contributed by atoms with Gasteiger partial charge in [-0.2, -0.15) is 5.10 Å². The van der Waals surface area contributed by atoms with Crippen LogP contribution in [-0.2, 0) is 17.6 Å². The third-order valence-electron chi connectivity index (χ3n) is 6.94. The summed E-state index contributed by atoms with van der Waals surface area (Å²) in [5.41, 5.74) is 12.5. The number of halogens is 1. The quantitative estimate of drug-likeness (QED) is 0.236. The Kier molecular flexibility index (Phi) is 4.92. The molecule has 1 unspecified atom stereocenters. The molecule has 160 valence electrons. The summed E-state index contributed by atoms with van der Waals surface area (Å²) in [4.78, 5) is 0. The van der Waals surface area contributed by atoms with Crippen molar-refractivity contribution in [1.29, 1.82) is 0 Å². The van der Waals surface area contributed by atoms with Gasteiger partial charge in [-0.15, -0.1) is 0 Å². The maximum absolute atomic E-state index is 13.3. The first-order valence-electron chi connectivity index (χ1n) is 10.4. The molecule has 2 heterocycles. The first-order chi connectivity index (χ1) is 15.1. The first-order valence-corrected chi connectivity index (χ1v) is 10.8. The van der Waals surface area contributed by atoms with Gasteiger partial charge < -0.3 is 15.0 Å². The van der Waals surface area contributed by atoms with E-state index in [4.69, 9.17) is 15.0 Å². The van der Waals surface area contributed by atoms with Gasteiger partial charge in [-0.05, 0) is 86.1 Å². The summed E-state index contributed by atoms with van der Waals surface area (Å²) in [6.07, 6.45) is 9.07. The van der Waals surface area contributed by atoms with Gasteiger partial charge in [0.05, 0.1) is 17.6 Å². The van der Waals surface area contributed by atoms with E-state index in [2.05, 4.69) is 30.2 Å². The molecular weight excluding hydrogens is 413 g/mol. The number of epoxide rings is 1. The molecule has 1 saturated carbocycles. The first kappa shape index (κ1) is 20.3. The van der Waals surface area contributed by atoms with Gasteiger partial charge in [0.15, 0.2) is 0 Å². The number of ether oxygens (including phenoxy) is 1. The topological polar surface area (TPSA) is 76.6 Å². The van der Waals surface area contributed by atoms with Gasteiger partial charge in [-0.3, -0.25) is 0 Å². The molecule has 1 spiro atoms. The average molecular weight is 438 g/mol. The van der Waals surface area contributed by atoms with E-state index in [1.54, 1.807) is 12.1 Å². The molecule has 3 aliphatic rings. The Labute approximate surface area is 186 Å². The molecule has 0 radical (unpaired) electrons. The fraction of sp³-hybridized carbons (Fsp3) is 0.292. The Morgan fingerprint density at radius 1 is 1.16 bits per heavy atom. The Morgan fingerprint density at radius 3 is 2.71 bits per heavy atom. The van der Waals surface area contributed by atoms with Crippen LogP contribution in [-0.4, -0.2) is 25.5 Å². The molecule has 2 aliphatic carbocycles. The van der Waals surface area contributed by atoms with Crippen LogP contribution in [0.5, 0.6) is 0 Å². The molecule has 3 aromatic rings. The second-order valence-corrected chi connectivity index (χ2v) is 8.41. The summed E-state index contributed by atoms with van der Waals surface area (Å²) in [7, 11) is 0. The van der Waals surface area contributed by atoms with Crippen LogP contribution in [0.3, 0.4) is 0 Å². The van der Waals surface area contributed by atoms with Gasteiger partial charge in [0, 0.05) is 17.7 Å². The van der Waals surface area contributed by atoms with Crippen LogP contribution in [0.4, 0.5) is 10.1 Å². The van der Waals surface area contributed by atoms with E-state index >= 15 is 0 Å². The van der Waals surface area contributed by atoms with Crippen LogP contribution in [0.15, 0.2) is 60.3 Å². The molecule has 5 nitrogen and oxygen atoms in total. The molecule has 1 saturated heterocycles. The standard InChI is InChI=1S/C24H22FN3O.H2OS/c25-19-5-7-20(8-6-19)28-22-13-18-10-12-23(11-9-16-3-1-2-4-21(16)26)24(18,29-23)14-17(22)15-27-28;1-2/h1-8,13,15H,9-12,14,26H2;1-2H/t23-,24?;/m0./s1. The number of benzene rings is 2. The molecule has 6 rings (SSSR count). The highest BCUT2D eigenvalue weighted by atomic mass is 32.1. The van der Waals surface area contributed by atoms with Crippen molar-refractivity contribution in [3.63, 3.8) is 0 Å². The SMILES string of the molecule is Nc1ccccc1CC[C@]12CCC3=Cc4c(cnn4-c4ccc(F)cc4)CC31O2.OS. The molecule has 2 aromatic carbocycles. The van der Waals surface area contributed by atoms with Crippen LogP contribution < -0.4 is 5.73 Å². The van der Waals surface area contributed by atoms with Crippen molar-refractivity contribution >= 4 is 24.7 Å². The maximum atomic E-state index is 13.3. The van der Waals surface area contributed by atoms with Gasteiger partial charge in [-0.25, -0.2) is 9.07 Å². The summed E-state index contributed by atoms with van der Waals surface area (Å²) < 4.78 is 28.4. The number of rotatable bonds is 4. The van der Waals surface area contributed by atoms with Crippen LogP contribution in [0.2, 0.25) is 0 Å². The predicted molar refractivity (Wildman–Crippen MR) is 122 cm³/mol. The fourth-order valence-electron chi connectivity index (χ4n) is 5.34. The second kappa shape index (κ2) is 7.51. The lowest BCUT2D eigenvalue weighted by atomic mass is 9.81. The van der Waals surface area contributed by atoms with E-state index in [0.29, 0.717) is 0 Å². The van der Waals surface area contributed by atoms with Crippen molar-refractivity contribution in [2.24, 2.45) is 0 Å². The van der Waals surface area contributed by atoms with Gasteiger partial charge in [0.2, 0.25) is 0 Å². The number of anilines is 1. The van der Waals surface area contributed by atoms with Crippen LogP contribution in [0, 0.1) is 5.82 Å². The zero-order valence-electron chi connectivity index (χ0n) is 17.0. The number of hydrogen-bond acceptors (Lipinski definition) is 5. The lowest BCUT2D eigenvalue weighted by Crippen LogP contribution is -2.27. The number of nitrogens with two attached hydrogens (primary N) is 1. The number of fused-ring (bicyclic) bond motifs is 1. The number of nitrogens with zero attached hydrogens (tertiary/aromatic N) is 2. The minimum Gasteiger partial charge on any atom is -0.399 e. The van der Waals surface area contributed by atoms with Crippen molar-refractivity contribution in [2.45, 2.75) is 43.3 Å². The maximum Gasteiger partial charge on any atom is 0.123 e. The Bertz CT molecular complexity index is 1160. The molecule has 7 heteroatoms. The number of para-hydroxylation sites is 1. The average Bonchev–Trinajstić information content (AvgIpc) is 3.07. The largest absolute Gasteiger partial charge is 0.399 e. The molecule has 1 aromatic heterocycles. The number of aromatic nitrogens is 2. The minimum absolute atomic E-state index is 0.0726. The van der Waals surface area contributed by atoms with Gasteiger partial charge >= 0.3 is 0 Å². The summed E-state index contributed by atoms with van der Waals surface area (Å²) >= 11 is 2.53. The zero-order valence-corrected chi connectivity index (χ0v) is 17.9. The number of hydrogen-bond donors (Lipinski definition) is 3. The summed E-state index contributed by atoms with van der Waals surface area (Å²) in [6.45, 7) is 0. The molecule has 0 amide bonds. The van der Waals surface area contributed by atoms with E-state index in [0.717, 1.165) is 49.2 Å². The number of nitrogen functional groups attached to an aromatic ring is 1. The highest BCUT2D eigenvalue weighted by Gasteiger charge is 2.74. The highest BCUT2D eigenvalue weighted by Crippen LogP contribution is 2.67. The Morgan fingerprint density at radius 2 is 1.94 bits per heavy atom. The van der Waals surface area contributed by atoms with E-state index in [1.165, 1.54) is 28.8 Å². The van der Waals surface area contributed by atoms with E-state index in [-0.39, 0.29) is 17.0 Å². The van der Waals surface area contributed by atoms with Gasteiger partial charge in [0.1, 0.15) is 17.0 Å². The molecule has 3 N–H and O–H groups in total. The van der Waals surface area contributed by atoms with Crippen LogP contribution in [0.25, 0.3) is 11.8 Å². The van der Waals surface area contributed by atoms with E-state index in [9.17, 15) is 4.39 Å². The summed E-state index contributed by atoms with van der Waals surface area (Å²) in [5.74, 6) is -0.238. The summed E-state index contributed by atoms with van der Waals surface area (Å²) in [6, 6.07) is 14.6. The fourth-order valence-corrected chi connectivity index (χ4v) is 5.34. The third-order valence-corrected chi connectivity index (χ3v) is 6.94. The van der Waals surface area contributed by atoms with Gasteiger partial charge in [0.25, 0.3) is 0 Å². The molecule has 2 atom stereocenters. The van der Waals surface area contributed by atoms with Crippen LogP contribution >= 0.6 is 12.9 Å². The third kappa shape index (κ3) is 3.11. The van der Waals surface area contributed by atoms with Crippen molar-refractivity contribution in [3.8, 4) is 5.69 Å². The molecule has 2 fully saturated rings. The Hall–Kier alpha value is -2.61. The van der Waals surface area contributed by atoms with E-state index < -0.39 is 0 Å². The van der Waals surface area contributed by atoms with E-state index in [1.807, 2.05) is 29.1 Å². The Balaban J connectivity index is 0.000000994. The summed E-state index contributed by atoms with van der Waals surface area (Å²) in [5, 5.41) is 4.58.